The second-order valence-electron chi connectivity index (χ2n) is 7.70. The number of hydrogen-bond acceptors (Lipinski definition) is 8. The van der Waals surface area contributed by atoms with E-state index < -0.39 is 49.0 Å². The number of hydrogen-bond donors (Lipinski definition) is 3. The summed E-state index contributed by atoms with van der Waals surface area (Å²) in [5.74, 6) is 2.29. The second kappa shape index (κ2) is 7.89. The molecule has 0 unspecified atom stereocenters. The van der Waals surface area contributed by atoms with E-state index in [4.69, 9.17) is 19.9 Å². The number of ether oxygens (including phenoxy) is 3. The number of nitrogens with two attached hydrogens (primary N) is 1. The topological polar surface area (TPSA) is 134 Å². The number of halogens is 3. The van der Waals surface area contributed by atoms with Crippen LogP contribution in [0.5, 0.6) is 0 Å². The second-order valence-corrected chi connectivity index (χ2v) is 7.70. The van der Waals surface area contributed by atoms with Crippen LogP contribution in [0.15, 0.2) is 12.5 Å². The molecule has 4 rings (SSSR count). The summed E-state index contributed by atoms with van der Waals surface area (Å²) in [6.45, 7) is 2.67. The number of nitrogens with one attached hydrogen (secondary N) is 1. The highest BCUT2D eigenvalue weighted by atomic mass is 19.4. The average Bonchev–Trinajstić information content (AvgIpc) is 3.33. The Balaban J connectivity index is 1.67. The first-order chi connectivity index (χ1) is 15.0. The lowest BCUT2D eigenvalue weighted by Crippen LogP contribution is -2.36. The van der Waals surface area contributed by atoms with E-state index in [0.717, 1.165) is 0 Å². The molecule has 2 aromatic rings. The Morgan fingerprint density at radius 2 is 2.06 bits per heavy atom. The number of anilines is 1. The highest BCUT2D eigenvalue weighted by Gasteiger charge is 2.56. The maximum absolute atomic E-state index is 12.3. The minimum atomic E-state index is -4.99. The van der Waals surface area contributed by atoms with Crippen LogP contribution in [-0.4, -0.2) is 69.0 Å². The molecule has 32 heavy (non-hydrogen) atoms. The van der Waals surface area contributed by atoms with Gasteiger partial charge in [0.1, 0.15) is 36.1 Å². The summed E-state index contributed by atoms with van der Waals surface area (Å²) in [5.41, 5.74) is 6.68. The molecule has 4 N–H and O–H groups in total. The Hall–Kier alpha value is -2.92. The van der Waals surface area contributed by atoms with Gasteiger partial charge in [-0.2, -0.15) is 13.2 Å². The molecule has 2 aromatic heterocycles. The molecule has 172 valence electrons. The maximum atomic E-state index is 12.3. The molecular weight excluding hydrogens is 435 g/mol. The van der Waals surface area contributed by atoms with Crippen molar-refractivity contribution in [2.24, 2.45) is 0 Å². The standard InChI is InChI=1S/C19H20F3N5O5/c1-18(2)31-12-10(7-28)30-16(13(12)32-18)27-6-9(11-14(23)25-8-26-15(11)27)4-3-5-24-17(29)19(20,21)22/h6,8,10,12-13,16,28H,5,7H2,1-2H3,(H,24,29)(H2,23,25,26)/t10-,12-,13-,16-/m1/s1. The minimum Gasteiger partial charge on any atom is -0.394 e. The predicted octanol–water partition coefficient (Wildman–Crippen LogP) is 0.453. The average molecular weight is 455 g/mol. The van der Waals surface area contributed by atoms with Crippen molar-refractivity contribution in [3.05, 3.63) is 18.1 Å². The lowest BCUT2D eigenvalue weighted by molar-refractivity contribution is -0.199. The van der Waals surface area contributed by atoms with Crippen molar-refractivity contribution < 1.29 is 37.3 Å². The monoisotopic (exact) mass is 455 g/mol. The Bertz CT molecular complexity index is 1110. The number of nitrogens with zero attached hydrogens (tertiary/aromatic N) is 3. The van der Waals surface area contributed by atoms with Gasteiger partial charge in [-0.1, -0.05) is 11.8 Å². The predicted molar refractivity (Wildman–Crippen MR) is 103 cm³/mol. The van der Waals surface area contributed by atoms with Gasteiger partial charge in [-0.3, -0.25) is 4.79 Å². The number of nitrogen functional groups attached to an aromatic ring is 1. The zero-order chi connectivity index (χ0) is 23.3. The van der Waals surface area contributed by atoms with Crippen LogP contribution >= 0.6 is 0 Å². The molecule has 0 aromatic carbocycles. The number of aliphatic hydroxyl groups excluding tert-OH is 1. The van der Waals surface area contributed by atoms with Crippen LogP contribution in [0.3, 0.4) is 0 Å². The number of carbonyl (C=O) groups is 1. The molecule has 2 saturated heterocycles. The Labute approximate surface area is 179 Å². The van der Waals surface area contributed by atoms with Crippen molar-refractivity contribution in [2.45, 2.75) is 50.4 Å². The van der Waals surface area contributed by atoms with E-state index in [-0.39, 0.29) is 12.4 Å². The van der Waals surface area contributed by atoms with E-state index in [1.54, 1.807) is 29.9 Å². The van der Waals surface area contributed by atoms with Crippen molar-refractivity contribution in [3.8, 4) is 11.8 Å². The van der Waals surface area contributed by atoms with Gasteiger partial charge >= 0.3 is 12.1 Å². The van der Waals surface area contributed by atoms with Gasteiger partial charge < -0.3 is 34.9 Å². The molecule has 0 spiro atoms. The van der Waals surface area contributed by atoms with Gasteiger partial charge in [0.05, 0.1) is 24.1 Å². The van der Waals surface area contributed by atoms with Crippen LogP contribution < -0.4 is 11.1 Å². The first kappa shape index (κ1) is 22.3. The van der Waals surface area contributed by atoms with Gasteiger partial charge in [0.15, 0.2) is 12.0 Å². The number of amides is 1. The van der Waals surface area contributed by atoms with Crippen molar-refractivity contribution >= 4 is 22.8 Å². The summed E-state index contributed by atoms with van der Waals surface area (Å²) < 4.78 is 56.3. The van der Waals surface area contributed by atoms with E-state index in [9.17, 15) is 23.1 Å². The van der Waals surface area contributed by atoms with Gasteiger partial charge in [-0.15, -0.1) is 0 Å². The molecule has 2 aliphatic rings. The van der Waals surface area contributed by atoms with Crippen LogP contribution in [0.2, 0.25) is 0 Å². The van der Waals surface area contributed by atoms with Gasteiger partial charge in [-0.05, 0) is 13.8 Å². The maximum Gasteiger partial charge on any atom is 0.471 e. The minimum absolute atomic E-state index is 0.106. The smallest absolute Gasteiger partial charge is 0.394 e. The number of carbonyl (C=O) groups excluding carboxylic acids is 1. The SMILES string of the molecule is CC1(C)O[C@@H]2[C@H](O1)[C@@H](CO)O[C@H]2n1cc(C#CCNC(=O)C(F)(F)F)c2c(N)ncnc21. The molecule has 4 heterocycles. The van der Waals surface area contributed by atoms with E-state index in [1.807, 2.05) is 0 Å². The molecule has 1 amide bonds. The first-order valence-corrected chi connectivity index (χ1v) is 9.58. The summed E-state index contributed by atoms with van der Waals surface area (Å²) >= 11 is 0. The number of rotatable bonds is 3. The molecule has 13 heteroatoms. The van der Waals surface area contributed by atoms with Gasteiger partial charge in [0, 0.05) is 6.20 Å². The fourth-order valence-corrected chi connectivity index (χ4v) is 3.79. The van der Waals surface area contributed by atoms with E-state index in [1.165, 1.54) is 6.33 Å². The molecule has 10 nitrogen and oxygen atoms in total. The summed E-state index contributed by atoms with van der Waals surface area (Å²) in [4.78, 5) is 19.1. The van der Waals surface area contributed by atoms with E-state index in [2.05, 4.69) is 21.8 Å². The number of aromatic nitrogens is 3. The van der Waals surface area contributed by atoms with Crippen LogP contribution in [0.1, 0.15) is 25.6 Å². The summed E-state index contributed by atoms with van der Waals surface area (Å²) in [5, 5.41) is 11.7. The fourth-order valence-electron chi connectivity index (χ4n) is 3.79. The van der Waals surface area contributed by atoms with E-state index >= 15 is 0 Å². The molecule has 0 saturated carbocycles. The lowest BCUT2D eigenvalue weighted by Gasteiger charge is -2.24. The zero-order valence-corrected chi connectivity index (χ0v) is 17.0. The molecule has 0 aliphatic carbocycles. The van der Waals surface area contributed by atoms with Crippen LogP contribution in [0.25, 0.3) is 11.0 Å². The third kappa shape index (κ3) is 3.97. The number of fused-ring (bicyclic) bond motifs is 2. The van der Waals surface area contributed by atoms with Crippen LogP contribution in [0.4, 0.5) is 19.0 Å². The normalized spacial score (nSPS) is 26.6. The zero-order valence-electron chi connectivity index (χ0n) is 17.0. The molecule has 4 atom stereocenters. The Morgan fingerprint density at radius 1 is 1.34 bits per heavy atom. The lowest BCUT2D eigenvalue weighted by atomic mass is 10.1. The van der Waals surface area contributed by atoms with Gasteiger partial charge in [0.2, 0.25) is 0 Å². The molecule has 2 aliphatic heterocycles. The van der Waals surface area contributed by atoms with Gasteiger partial charge in [0.25, 0.3) is 0 Å². The number of aliphatic hydroxyl groups is 1. The summed E-state index contributed by atoms with van der Waals surface area (Å²) in [6.07, 6.45) is -4.66. The van der Waals surface area contributed by atoms with Crippen LogP contribution in [0, 0.1) is 11.8 Å². The quantitative estimate of drug-likeness (QED) is 0.569. The van der Waals surface area contributed by atoms with Crippen molar-refractivity contribution in [3.63, 3.8) is 0 Å². The fraction of sp³-hybridized carbons (Fsp3) is 0.526. The summed E-state index contributed by atoms with van der Waals surface area (Å²) in [6, 6.07) is 0. The summed E-state index contributed by atoms with van der Waals surface area (Å²) in [7, 11) is 0. The third-order valence-electron chi connectivity index (χ3n) is 5.04. The van der Waals surface area contributed by atoms with Crippen molar-refractivity contribution in [2.75, 3.05) is 18.9 Å². The first-order valence-electron chi connectivity index (χ1n) is 9.58. The van der Waals surface area contributed by atoms with Gasteiger partial charge in [-0.25, -0.2) is 9.97 Å². The molecule has 0 bridgehead atoms. The molecule has 2 fully saturated rings. The molecular formula is C19H20F3N5O5. The number of alkyl halides is 3. The van der Waals surface area contributed by atoms with Crippen molar-refractivity contribution in [1.29, 1.82) is 0 Å². The third-order valence-corrected chi connectivity index (χ3v) is 5.04. The highest BCUT2D eigenvalue weighted by Crippen LogP contribution is 2.44. The van der Waals surface area contributed by atoms with E-state index in [0.29, 0.717) is 16.6 Å². The molecule has 0 radical (unpaired) electrons. The Morgan fingerprint density at radius 3 is 2.75 bits per heavy atom. The van der Waals surface area contributed by atoms with Crippen molar-refractivity contribution in [1.82, 2.24) is 19.9 Å². The largest absolute Gasteiger partial charge is 0.471 e. The highest BCUT2D eigenvalue weighted by molar-refractivity contribution is 5.92. The van der Waals surface area contributed by atoms with Crippen LogP contribution in [-0.2, 0) is 19.0 Å². The Kier molecular flexibility index (Phi) is 5.49.